The van der Waals surface area contributed by atoms with Crippen LogP contribution in [0.2, 0.25) is 0 Å². The van der Waals surface area contributed by atoms with E-state index in [1.165, 1.54) is 30.5 Å². The average molecular weight is 288 g/mol. The highest BCUT2D eigenvalue weighted by Gasteiger charge is 2.30. The van der Waals surface area contributed by atoms with Crippen LogP contribution in [-0.4, -0.2) is 25.2 Å². The molecular weight excluding hydrogens is 256 g/mol. The summed E-state index contributed by atoms with van der Waals surface area (Å²) in [6, 6.07) is 9.21. The molecule has 1 aliphatic heterocycles. The van der Waals surface area contributed by atoms with Crippen LogP contribution in [-0.2, 0) is 5.41 Å². The van der Waals surface area contributed by atoms with Crippen LogP contribution in [0.5, 0.6) is 0 Å². The zero-order valence-electron chi connectivity index (χ0n) is 14.5. The Bertz CT molecular complexity index is 438. The second kappa shape index (κ2) is 6.39. The largest absolute Gasteiger partial charge is 0.370 e. The van der Waals surface area contributed by atoms with Crippen LogP contribution >= 0.6 is 0 Å². The molecule has 0 radical (unpaired) electrons. The van der Waals surface area contributed by atoms with Crippen molar-refractivity contribution in [2.45, 2.75) is 64.8 Å². The van der Waals surface area contributed by atoms with Crippen LogP contribution in [0.15, 0.2) is 24.3 Å². The summed E-state index contributed by atoms with van der Waals surface area (Å²) in [7, 11) is 0. The van der Waals surface area contributed by atoms with E-state index in [2.05, 4.69) is 69.1 Å². The minimum Gasteiger partial charge on any atom is -0.370 e. The Morgan fingerprint density at radius 1 is 1.10 bits per heavy atom. The lowest BCUT2D eigenvalue weighted by atomic mass is 9.87. The maximum absolute atomic E-state index is 3.79. The second-order valence-electron chi connectivity index (χ2n) is 7.49. The van der Waals surface area contributed by atoms with Crippen molar-refractivity contribution in [3.8, 4) is 0 Å². The summed E-state index contributed by atoms with van der Waals surface area (Å²) in [5, 5.41) is 3.79. The molecule has 2 heteroatoms. The lowest BCUT2D eigenvalue weighted by Crippen LogP contribution is -2.50. The van der Waals surface area contributed by atoms with Crippen molar-refractivity contribution >= 4 is 5.69 Å². The predicted molar refractivity (Wildman–Crippen MR) is 93.3 cm³/mol. The first-order chi connectivity index (χ1) is 9.90. The zero-order chi connectivity index (χ0) is 15.5. The molecule has 0 spiro atoms. The Balaban J connectivity index is 2.20. The van der Waals surface area contributed by atoms with Crippen molar-refractivity contribution in [3.63, 3.8) is 0 Å². The van der Waals surface area contributed by atoms with Crippen molar-refractivity contribution < 1.29 is 0 Å². The molecule has 0 aromatic heterocycles. The van der Waals surface area contributed by atoms with Gasteiger partial charge in [-0.05, 0) is 48.9 Å². The molecule has 0 saturated carbocycles. The normalized spacial score (nSPS) is 19.4. The molecule has 0 bridgehead atoms. The molecule has 2 rings (SSSR count). The zero-order valence-corrected chi connectivity index (χ0v) is 14.5. The van der Waals surface area contributed by atoms with Gasteiger partial charge in [0.15, 0.2) is 0 Å². The molecule has 0 amide bonds. The molecular formula is C19H32N2. The number of hydrogen-bond donors (Lipinski definition) is 1. The first-order valence-electron chi connectivity index (χ1n) is 8.51. The SMILES string of the molecule is CCC1(CC)CN(c2ccc(C(C)(C)C)cc2)CCCN1. The van der Waals surface area contributed by atoms with E-state index in [1.807, 2.05) is 0 Å². The molecule has 1 aromatic rings. The molecule has 1 saturated heterocycles. The minimum absolute atomic E-state index is 0.232. The Morgan fingerprint density at radius 2 is 1.71 bits per heavy atom. The summed E-state index contributed by atoms with van der Waals surface area (Å²) in [6.07, 6.45) is 3.61. The number of hydrogen-bond acceptors (Lipinski definition) is 2. The molecule has 2 nitrogen and oxygen atoms in total. The van der Waals surface area contributed by atoms with Gasteiger partial charge in [0.2, 0.25) is 0 Å². The molecule has 1 N–H and O–H groups in total. The van der Waals surface area contributed by atoms with E-state index in [4.69, 9.17) is 0 Å². The standard InChI is InChI=1S/C19H32N2/c1-6-19(7-2)15-21(14-8-13-20-19)17-11-9-16(10-12-17)18(3,4)5/h9-12,20H,6-8,13-15H2,1-5H3. The summed E-state index contributed by atoms with van der Waals surface area (Å²) in [6.45, 7) is 14.9. The maximum atomic E-state index is 3.79. The monoisotopic (exact) mass is 288 g/mol. The highest BCUT2D eigenvalue weighted by molar-refractivity contribution is 5.49. The molecule has 118 valence electrons. The molecule has 1 aliphatic rings. The van der Waals surface area contributed by atoms with E-state index in [9.17, 15) is 0 Å². The quantitative estimate of drug-likeness (QED) is 0.890. The van der Waals surface area contributed by atoms with Crippen molar-refractivity contribution in [3.05, 3.63) is 29.8 Å². The molecule has 21 heavy (non-hydrogen) atoms. The van der Waals surface area contributed by atoms with Crippen LogP contribution in [0.1, 0.15) is 59.4 Å². The first-order valence-corrected chi connectivity index (χ1v) is 8.51. The van der Waals surface area contributed by atoms with Crippen LogP contribution < -0.4 is 10.2 Å². The maximum Gasteiger partial charge on any atom is 0.0367 e. The van der Waals surface area contributed by atoms with E-state index in [0.29, 0.717) is 0 Å². The van der Waals surface area contributed by atoms with E-state index in [0.717, 1.165) is 19.6 Å². The minimum atomic E-state index is 0.232. The van der Waals surface area contributed by atoms with Gasteiger partial charge in [0.25, 0.3) is 0 Å². The van der Waals surface area contributed by atoms with Gasteiger partial charge in [-0.25, -0.2) is 0 Å². The van der Waals surface area contributed by atoms with Gasteiger partial charge < -0.3 is 10.2 Å². The van der Waals surface area contributed by atoms with Gasteiger partial charge in [0, 0.05) is 24.3 Å². The average Bonchev–Trinajstić information content (AvgIpc) is 2.70. The van der Waals surface area contributed by atoms with Gasteiger partial charge in [-0.2, -0.15) is 0 Å². The lowest BCUT2D eigenvalue weighted by molar-refractivity contribution is 0.321. The summed E-state index contributed by atoms with van der Waals surface area (Å²) in [4.78, 5) is 2.57. The lowest BCUT2D eigenvalue weighted by Gasteiger charge is -2.36. The molecule has 0 aliphatic carbocycles. The van der Waals surface area contributed by atoms with E-state index in [1.54, 1.807) is 0 Å². The van der Waals surface area contributed by atoms with Crippen molar-refractivity contribution in [1.29, 1.82) is 0 Å². The van der Waals surface area contributed by atoms with Crippen LogP contribution in [0.3, 0.4) is 0 Å². The molecule has 1 aromatic carbocycles. The summed E-state index contributed by atoms with van der Waals surface area (Å²) >= 11 is 0. The van der Waals surface area contributed by atoms with Gasteiger partial charge >= 0.3 is 0 Å². The highest BCUT2D eigenvalue weighted by Crippen LogP contribution is 2.28. The second-order valence-corrected chi connectivity index (χ2v) is 7.49. The Hall–Kier alpha value is -1.02. The third kappa shape index (κ3) is 3.79. The van der Waals surface area contributed by atoms with Gasteiger partial charge in [0.05, 0.1) is 0 Å². The molecule has 1 fully saturated rings. The van der Waals surface area contributed by atoms with Gasteiger partial charge in [0.1, 0.15) is 0 Å². The third-order valence-electron chi connectivity index (χ3n) is 5.05. The predicted octanol–water partition coefficient (Wildman–Crippen LogP) is 4.34. The topological polar surface area (TPSA) is 15.3 Å². The van der Waals surface area contributed by atoms with Crippen molar-refractivity contribution in [2.24, 2.45) is 0 Å². The van der Waals surface area contributed by atoms with Crippen molar-refractivity contribution in [1.82, 2.24) is 5.32 Å². The first kappa shape index (κ1) is 16.4. The van der Waals surface area contributed by atoms with Crippen LogP contribution in [0, 0.1) is 0 Å². The highest BCUT2D eigenvalue weighted by atomic mass is 15.2. The van der Waals surface area contributed by atoms with Crippen LogP contribution in [0.25, 0.3) is 0 Å². The van der Waals surface area contributed by atoms with Gasteiger partial charge in [-0.15, -0.1) is 0 Å². The third-order valence-corrected chi connectivity index (χ3v) is 5.05. The van der Waals surface area contributed by atoms with E-state index >= 15 is 0 Å². The van der Waals surface area contributed by atoms with Crippen molar-refractivity contribution in [2.75, 3.05) is 24.5 Å². The number of rotatable bonds is 3. The van der Waals surface area contributed by atoms with E-state index < -0.39 is 0 Å². The Morgan fingerprint density at radius 3 is 2.24 bits per heavy atom. The summed E-state index contributed by atoms with van der Waals surface area (Å²) < 4.78 is 0. The van der Waals surface area contributed by atoms with Gasteiger partial charge in [-0.1, -0.05) is 46.8 Å². The summed E-state index contributed by atoms with van der Waals surface area (Å²) in [5.74, 6) is 0. The smallest absolute Gasteiger partial charge is 0.0367 e. The molecule has 0 atom stereocenters. The number of benzene rings is 1. The Kier molecular flexibility index (Phi) is 4.98. The molecule has 0 unspecified atom stereocenters. The Labute approximate surface area is 130 Å². The van der Waals surface area contributed by atoms with Crippen LogP contribution in [0.4, 0.5) is 5.69 Å². The molecule has 1 heterocycles. The number of nitrogens with one attached hydrogen (secondary N) is 1. The van der Waals surface area contributed by atoms with Gasteiger partial charge in [-0.3, -0.25) is 0 Å². The number of nitrogens with zero attached hydrogens (tertiary/aromatic N) is 1. The fraction of sp³-hybridized carbons (Fsp3) is 0.684. The fourth-order valence-electron chi connectivity index (χ4n) is 3.24. The summed E-state index contributed by atoms with van der Waals surface area (Å²) in [5.41, 5.74) is 3.30. The fourth-order valence-corrected chi connectivity index (χ4v) is 3.24. The number of anilines is 1. The van der Waals surface area contributed by atoms with E-state index in [-0.39, 0.29) is 11.0 Å².